The molecule has 1 saturated heterocycles. The molecule has 0 radical (unpaired) electrons. The summed E-state index contributed by atoms with van der Waals surface area (Å²) in [5.41, 5.74) is 3.08. The number of aromatic nitrogens is 4. The number of hydrogen-bond donors (Lipinski definition) is 1. The number of carbonyl (C=O) groups excluding carboxylic acids is 1. The smallest absolute Gasteiger partial charge is 0.223 e. The van der Waals surface area contributed by atoms with E-state index in [0.717, 1.165) is 16.8 Å². The van der Waals surface area contributed by atoms with Gasteiger partial charge in [0.25, 0.3) is 0 Å². The van der Waals surface area contributed by atoms with Gasteiger partial charge in [-0.2, -0.15) is 15.5 Å². The third-order valence-electron chi connectivity index (χ3n) is 4.86. The number of nitriles is 1. The Morgan fingerprint density at radius 1 is 1.36 bits per heavy atom. The zero-order chi connectivity index (χ0) is 18.1. The summed E-state index contributed by atoms with van der Waals surface area (Å²) in [6.45, 7) is 4.22. The predicted molar refractivity (Wildman–Crippen MR) is 91.5 cm³/mol. The van der Waals surface area contributed by atoms with Gasteiger partial charge >= 0.3 is 0 Å². The Morgan fingerprint density at radius 3 is 2.76 bits per heavy atom. The van der Waals surface area contributed by atoms with Crippen molar-refractivity contribution >= 4 is 11.7 Å². The predicted octanol–water partition coefficient (Wildman–Crippen LogP) is 1.33. The van der Waals surface area contributed by atoms with Crippen LogP contribution in [0, 0.1) is 31.1 Å². The minimum absolute atomic E-state index is 0.0428. The molecule has 2 aromatic heterocycles. The molecule has 1 amide bonds. The van der Waals surface area contributed by atoms with Crippen LogP contribution >= 0.6 is 0 Å². The SMILES string of the molecule is Cc1nnc(NC[C@@H]2CC(=O)N(C)[C@H]2c2cnn(C)c2)c(C#N)c1C. The van der Waals surface area contributed by atoms with Crippen molar-refractivity contribution in [1.82, 2.24) is 24.9 Å². The van der Waals surface area contributed by atoms with Crippen LogP contribution in [0.15, 0.2) is 12.4 Å². The fraction of sp³-hybridized carbons (Fsp3) is 0.471. The maximum Gasteiger partial charge on any atom is 0.223 e. The first-order valence-corrected chi connectivity index (χ1v) is 8.14. The summed E-state index contributed by atoms with van der Waals surface area (Å²) < 4.78 is 1.74. The van der Waals surface area contributed by atoms with Gasteiger partial charge in [0.05, 0.1) is 17.9 Å². The molecule has 0 saturated carbocycles. The summed E-state index contributed by atoms with van der Waals surface area (Å²) >= 11 is 0. The fourth-order valence-corrected chi connectivity index (χ4v) is 3.32. The molecule has 2 aromatic rings. The number of likely N-dealkylation sites (tertiary alicyclic amines) is 1. The van der Waals surface area contributed by atoms with Crippen molar-refractivity contribution in [2.24, 2.45) is 13.0 Å². The molecule has 8 nitrogen and oxygen atoms in total. The van der Waals surface area contributed by atoms with Crippen LogP contribution in [0.2, 0.25) is 0 Å². The van der Waals surface area contributed by atoms with E-state index in [1.807, 2.05) is 34.1 Å². The normalized spacial score (nSPS) is 20.0. The van der Waals surface area contributed by atoms with E-state index in [0.29, 0.717) is 24.3 Å². The van der Waals surface area contributed by atoms with E-state index in [1.54, 1.807) is 15.8 Å². The summed E-state index contributed by atoms with van der Waals surface area (Å²) in [5, 5.41) is 25.0. The van der Waals surface area contributed by atoms with Crippen LogP contribution in [0.1, 0.15) is 34.8 Å². The van der Waals surface area contributed by atoms with Crippen molar-refractivity contribution in [3.63, 3.8) is 0 Å². The van der Waals surface area contributed by atoms with Crippen molar-refractivity contribution in [1.29, 1.82) is 5.26 Å². The molecule has 1 N–H and O–H groups in total. The van der Waals surface area contributed by atoms with E-state index in [1.165, 1.54) is 0 Å². The van der Waals surface area contributed by atoms with Gasteiger partial charge in [0, 0.05) is 44.7 Å². The largest absolute Gasteiger partial charge is 0.367 e. The van der Waals surface area contributed by atoms with Crippen LogP contribution in [0.5, 0.6) is 0 Å². The lowest BCUT2D eigenvalue weighted by molar-refractivity contribution is -0.127. The number of hydrogen-bond acceptors (Lipinski definition) is 6. The molecule has 130 valence electrons. The van der Waals surface area contributed by atoms with E-state index >= 15 is 0 Å². The van der Waals surface area contributed by atoms with E-state index in [9.17, 15) is 10.1 Å². The van der Waals surface area contributed by atoms with Gasteiger partial charge in [-0.1, -0.05) is 0 Å². The van der Waals surface area contributed by atoms with Crippen LogP contribution in [0.25, 0.3) is 0 Å². The molecular weight excluding hydrogens is 318 g/mol. The molecule has 1 aliphatic heterocycles. The van der Waals surface area contributed by atoms with Crippen LogP contribution in [0.3, 0.4) is 0 Å². The molecule has 3 rings (SSSR count). The van der Waals surface area contributed by atoms with Crippen LogP contribution < -0.4 is 5.32 Å². The Labute approximate surface area is 146 Å². The third kappa shape index (κ3) is 3.05. The maximum absolute atomic E-state index is 12.2. The minimum Gasteiger partial charge on any atom is -0.367 e. The zero-order valence-electron chi connectivity index (χ0n) is 14.8. The Kier molecular flexibility index (Phi) is 4.40. The number of nitrogens with one attached hydrogen (secondary N) is 1. The summed E-state index contributed by atoms with van der Waals surface area (Å²) in [6, 6.07) is 2.15. The number of amides is 1. The summed E-state index contributed by atoms with van der Waals surface area (Å²) in [5.74, 6) is 0.640. The molecule has 8 heteroatoms. The van der Waals surface area contributed by atoms with Gasteiger partial charge in [0.1, 0.15) is 11.6 Å². The monoisotopic (exact) mass is 339 g/mol. The quantitative estimate of drug-likeness (QED) is 0.902. The first-order chi connectivity index (χ1) is 11.9. The molecule has 1 aliphatic rings. The highest BCUT2D eigenvalue weighted by atomic mass is 16.2. The summed E-state index contributed by atoms with van der Waals surface area (Å²) in [6.07, 6.45) is 4.18. The Morgan fingerprint density at radius 2 is 2.12 bits per heavy atom. The number of nitrogens with zero attached hydrogens (tertiary/aromatic N) is 6. The van der Waals surface area contributed by atoms with E-state index in [-0.39, 0.29) is 17.9 Å². The standard InChI is InChI=1S/C17H21N7O/c1-10-11(2)21-22-17(14(10)6-18)19-7-12-5-15(25)24(4)16(12)13-8-20-23(3)9-13/h8-9,12,16H,5,7H2,1-4H3,(H,19,22)/t12-,16+/m0/s1. The molecule has 25 heavy (non-hydrogen) atoms. The average molecular weight is 339 g/mol. The van der Waals surface area contributed by atoms with Gasteiger partial charge in [-0.15, -0.1) is 5.10 Å². The fourth-order valence-electron chi connectivity index (χ4n) is 3.32. The Bertz CT molecular complexity index is 851. The Balaban J connectivity index is 1.82. The second-order valence-electron chi connectivity index (χ2n) is 6.49. The number of aryl methyl sites for hydroxylation is 2. The summed E-state index contributed by atoms with van der Waals surface area (Å²) in [4.78, 5) is 14.0. The van der Waals surface area contributed by atoms with E-state index < -0.39 is 0 Å². The first-order valence-electron chi connectivity index (χ1n) is 8.14. The zero-order valence-corrected chi connectivity index (χ0v) is 14.8. The first kappa shape index (κ1) is 16.9. The van der Waals surface area contributed by atoms with Crippen molar-refractivity contribution in [3.05, 3.63) is 34.8 Å². The number of carbonyl (C=O) groups is 1. The molecule has 0 spiro atoms. The van der Waals surface area contributed by atoms with E-state index in [2.05, 4.69) is 26.7 Å². The number of rotatable bonds is 4. The lowest BCUT2D eigenvalue weighted by atomic mass is 9.95. The van der Waals surface area contributed by atoms with Gasteiger partial charge < -0.3 is 10.2 Å². The second kappa shape index (κ2) is 6.51. The maximum atomic E-state index is 12.2. The molecule has 0 bridgehead atoms. The van der Waals surface area contributed by atoms with Crippen molar-refractivity contribution in [3.8, 4) is 6.07 Å². The number of anilines is 1. The molecule has 3 heterocycles. The topological polar surface area (TPSA) is 99.7 Å². The molecule has 2 atom stereocenters. The second-order valence-corrected chi connectivity index (χ2v) is 6.49. The van der Waals surface area contributed by atoms with Gasteiger partial charge in [0.15, 0.2) is 5.82 Å². The third-order valence-corrected chi connectivity index (χ3v) is 4.86. The van der Waals surface area contributed by atoms with Gasteiger partial charge in [-0.05, 0) is 19.4 Å². The van der Waals surface area contributed by atoms with Crippen LogP contribution in [-0.2, 0) is 11.8 Å². The van der Waals surface area contributed by atoms with Gasteiger partial charge in [0.2, 0.25) is 5.91 Å². The lowest BCUT2D eigenvalue weighted by Crippen LogP contribution is -2.26. The minimum atomic E-state index is -0.0428. The molecular formula is C17H21N7O. The average Bonchev–Trinajstić information content (AvgIpc) is 3.12. The molecule has 0 aliphatic carbocycles. The van der Waals surface area contributed by atoms with Gasteiger partial charge in [-0.25, -0.2) is 0 Å². The lowest BCUT2D eigenvalue weighted by Gasteiger charge is -2.24. The van der Waals surface area contributed by atoms with Crippen LogP contribution in [0.4, 0.5) is 5.82 Å². The molecule has 0 aromatic carbocycles. The van der Waals surface area contributed by atoms with Crippen molar-refractivity contribution in [2.75, 3.05) is 18.9 Å². The molecule has 0 unspecified atom stereocenters. The van der Waals surface area contributed by atoms with E-state index in [4.69, 9.17) is 0 Å². The Hall–Kier alpha value is -2.95. The van der Waals surface area contributed by atoms with Gasteiger partial charge in [-0.3, -0.25) is 9.48 Å². The highest BCUT2D eigenvalue weighted by Gasteiger charge is 2.39. The summed E-state index contributed by atoms with van der Waals surface area (Å²) in [7, 11) is 3.67. The van der Waals surface area contributed by atoms with Crippen LogP contribution in [-0.4, -0.2) is 44.4 Å². The van der Waals surface area contributed by atoms with Crippen molar-refractivity contribution < 1.29 is 4.79 Å². The van der Waals surface area contributed by atoms with Crippen molar-refractivity contribution in [2.45, 2.75) is 26.3 Å². The molecule has 1 fully saturated rings. The highest BCUT2D eigenvalue weighted by Crippen LogP contribution is 2.36. The highest BCUT2D eigenvalue weighted by molar-refractivity contribution is 5.79.